The van der Waals surface area contributed by atoms with E-state index in [9.17, 15) is 14.9 Å². The topological polar surface area (TPSA) is 69.9 Å². The van der Waals surface area contributed by atoms with Crippen molar-refractivity contribution in [2.24, 2.45) is 0 Å². The third-order valence-corrected chi connectivity index (χ3v) is 6.00. The normalized spacial score (nSPS) is 14.4. The molecule has 2 aromatic carbocycles. The molecule has 1 amide bonds. The Bertz CT molecular complexity index is 925. The maximum atomic E-state index is 12.9. The summed E-state index contributed by atoms with van der Waals surface area (Å²) in [5.74, 6) is -0.00647. The molecule has 0 spiro atoms. The second kappa shape index (κ2) is 10.1. The largest absolute Gasteiger partial charge is 0.362 e. The lowest BCUT2D eigenvalue weighted by Gasteiger charge is -2.36. The Labute approximate surface area is 188 Å². The summed E-state index contributed by atoms with van der Waals surface area (Å²) >= 11 is 5.92. The molecular formula is C23H29ClN4O3. The van der Waals surface area contributed by atoms with E-state index in [0.717, 1.165) is 13.1 Å². The Hall–Kier alpha value is -2.64. The van der Waals surface area contributed by atoms with Crippen LogP contribution in [-0.2, 0) is 6.54 Å². The van der Waals surface area contributed by atoms with Gasteiger partial charge in [0.05, 0.1) is 4.92 Å². The van der Waals surface area contributed by atoms with Crippen LogP contribution in [-0.4, -0.2) is 59.4 Å². The SMILES string of the molecule is CCN(Cc1ccc(C(=O)N2CCN(c3ccc(Cl)cc3[N+](=O)[O-])CC2)cc1)C(C)C. The number of amides is 1. The van der Waals surface area contributed by atoms with Crippen LogP contribution in [0, 0.1) is 10.1 Å². The summed E-state index contributed by atoms with van der Waals surface area (Å²) in [5.41, 5.74) is 2.39. The first-order chi connectivity index (χ1) is 14.8. The zero-order valence-corrected chi connectivity index (χ0v) is 19.0. The second-order valence-corrected chi connectivity index (χ2v) is 8.46. The molecule has 1 aliphatic rings. The van der Waals surface area contributed by atoms with Gasteiger partial charge in [0.15, 0.2) is 0 Å². The molecule has 0 radical (unpaired) electrons. The van der Waals surface area contributed by atoms with E-state index in [0.29, 0.717) is 48.5 Å². The van der Waals surface area contributed by atoms with Gasteiger partial charge in [0.2, 0.25) is 0 Å². The molecule has 0 aliphatic carbocycles. The van der Waals surface area contributed by atoms with Crippen molar-refractivity contribution >= 4 is 28.9 Å². The summed E-state index contributed by atoms with van der Waals surface area (Å²) in [5, 5.41) is 11.7. The molecule has 0 atom stereocenters. The van der Waals surface area contributed by atoms with Crippen LogP contribution >= 0.6 is 11.6 Å². The number of halogens is 1. The third-order valence-electron chi connectivity index (χ3n) is 5.76. The van der Waals surface area contributed by atoms with Gasteiger partial charge < -0.3 is 9.80 Å². The second-order valence-electron chi connectivity index (χ2n) is 8.02. The molecular weight excluding hydrogens is 416 g/mol. The van der Waals surface area contributed by atoms with Crippen molar-refractivity contribution in [3.63, 3.8) is 0 Å². The number of carbonyl (C=O) groups excluding carboxylic acids is 1. The van der Waals surface area contributed by atoms with Gasteiger partial charge in [-0.2, -0.15) is 0 Å². The van der Waals surface area contributed by atoms with Crippen molar-refractivity contribution in [2.45, 2.75) is 33.4 Å². The van der Waals surface area contributed by atoms with Crippen molar-refractivity contribution < 1.29 is 9.72 Å². The number of nitro benzene ring substituents is 1. The highest BCUT2D eigenvalue weighted by Gasteiger charge is 2.26. The number of hydrogen-bond donors (Lipinski definition) is 0. The number of benzene rings is 2. The average molecular weight is 445 g/mol. The molecule has 1 aliphatic heterocycles. The lowest BCUT2D eigenvalue weighted by Crippen LogP contribution is -2.49. The molecule has 0 aromatic heterocycles. The minimum atomic E-state index is -0.417. The first kappa shape index (κ1) is 23.0. The van der Waals surface area contributed by atoms with Gasteiger partial charge in [0.1, 0.15) is 5.69 Å². The molecule has 7 nitrogen and oxygen atoms in total. The van der Waals surface area contributed by atoms with Crippen LogP contribution in [0.2, 0.25) is 5.02 Å². The van der Waals surface area contributed by atoms with E-state index < -0.39 is 4.92 Å². The van der Waals surface area contributed by atoms with Gasteiger partial charge in [0, 0.05) is 55.4 Å². The van der Waals surface area contributed by atoms with Crippen LogP contribution in [0.5, 0.6) is 0 Å². The monoisotopic (exact) mass is 444 g/mol. The van der Waals surface area contributed by atoms with E-state index in [1.165, 1.54) is 11.6 Å². The molecule has 8 heteroatoms. The van der Waals surface area contributed by atoms with E-state index in [4.69, 9.17) is 11.6 Å². The summed E-state index contributed by atoms with van der Waals surface area (Å²) in [6.07, 6.45) is 0. The molecule has 0 bridgehead atoms. The maximum absolute atomic E-state index is 12.9. The van der Waals surface area contributed by atoms with Gasteiger partial charge in [-0.3, -0.25) is 19.8 Å². The molecule has 0 unspecified atom stereocenters. The van der Waals surface area contributed by atoms with Gasteiger partial charge >= 0.3 is 0 Å². The molecule has 0 saturated carbocycles. The summed E-state index contributed by atoms with van der Waals surface area (Å²) in [7, 11) is 0. The minimum Gasteiger partial charge on any atom is -0.362 e. The number of carbonyl (C=O) groups is 1. The summed E-state index contributed by atoms with van der Waals surface area (Å²) in [6.45, 7) is 10.4. The Morgan fingerprint density at radius 1 is 1.13 bits per heavy atom. The molecule has 166 valence electrons. The van der Waals surface area contributed by atoms with Crippen LogP contribution < -0.4 is 4.90 Å². The van der Waals surface area contributed by atoms with E-state index >= 15 is 0 Å². The van der Waals surface area contributed by atoms with Crippen LogP contribution in [0.25, 0.3) is 0 Å². The summed E-state index contributed by atoms with van der Waals surface area (Å²) in [4.78, 5) is 30.0. The van der Waals surface area contributed by atoms with Gasteiger partial charge in [-0.25, -0.2) is 0 Å². The Morgan fingerprint density at radius 3 is 2.32 bits per heavy atom. The van der Waals surface area contributed by atoms with Gasteiger partial charge in [0.25, 0.3) is 11.6 Å². The van der Waals surface area contributed by atoms with Crippen molar-refractivity contribution in [3.05, 3.63) is 68.7 Å². The lowest BCUT2D eigenvalue weighted by atomic mass is 10.1. The van der Waals surface area contributed by atoms with Crippen LogP contribution in [0.1, 0.15) is 36.7 Å². The lowest BCUT2D eigenvalue weighted by molar-refractivity contribution is -0.384. The smallest absolute Gasteiger partial charge is 0.294 e. The van der Waals surface area contributed by atoms with Crippen molar-refractivity contribution in [3.8, 4) is 0 Å². The standard InChI is InChI=1S/C23H29ClN4O3/c1-4-25(17(2)3)16-18-5-7-19(8-6-18)23(29)27-13-11-26(12-14-27)21-10-9-20(24)15-22(21)28(30)31/h5-10,15,17H,4,11-14,16H2,1-3H3. The predicted molar refractivity (Wildman–Crippen MR) is 124 cm³/mol. The fraction of sp³-hybridized carbons (Fsp3) is 0.435. The molecule has 31 heavy (non-hydrogen) atoms. The number of nitro groups is 1. The number of hydrogen-bond acceptors (Lipinski definition) is 5. The molecule has 1 heterocycles. The van der Waals surface area contributed by atoms with E-state index in [-0.39, 0.29) is 11.6 Å². The maximum Gasteiger partial charge on any atom is 0.294 e. The van der Waals surface area contributed by atoms with Crippen LogP contribution in [0.4, 0.5) is 11.4 Å². The fourth-order valence-corrected chi connectivity index (χ4v) is 4.06. The molecule has 1 fully saturated rings. The van der Waals surface area contributed by atoms with Crippen molar-refractivity contribution in [2.75, 3.05) is 37.6 Å². The van der Waals surface area contributed by atoms with Crippen LogP contribution in [0.3, 0.4) is 0 Å². The van der Waals surface area contributed by atoms with E-state index in [1.807, 2.05) is 29.2 Å². The van der Waals surface area contributed by atoms with Gasteiger partial charge in [-0.05, 0) is 50.2 Å². The first-order valence-electron chi connectivity index (χ1n) is 10.6. The number of rotatable bonds is 7. The molecule has 2 aromatic rings. The molecule has 1 saturated heterocycles. The Kier molecular flexibility index (Phi) is 7.51. The zero-order chi connectivity index (χ0) is 22.5. The fourth-order valence-electron chi connectivity index (χ4n) is 3.89. The third kappa shape index (κ3) is 5.54. The predicted octanol–water partition coefficient (Wildman–Crippen LogP) is 4.44. The highest BCUT2D eigenvalue weighted by Crippen LogP contribution is 2.31. The number of piperazine rings is 1. The highest BCUT2D eigenvalue weighted by molar-refractivity contribution is 6.30. The van der Waals surface area contributed by atoms with E-state index in [2.05, 4.69) is 25.7 Å². The van der Waals surface area contributed by atoms with Crippen molar-refractivity contribution in [1.29, 1.82) is 0 Å². The minimum absolute atomic E-state index is 0.00647. The first-order valence-corrected chi connectivity index (χ1v) is 11.0. The average Bonchev–Trinajstić information content (AvgIpc) is 2.77. The zero-order valence-electron chi connectivity index (χ0n) is 18.3. The molecule has 0 N–H and O–H groups in total. The highest BCUT2D eigenvalue weighted by atomic mass is 35.5. The quantitative estimate of drug-likeness (QED) is 0.466. The summed E-state index contributed by atoms with van der Waals surface area (Å²) in [6, 6.07) is 13.0. The molecule has 3 rings (SSSR count). The Morgan fingerprint density at radius 2 is 1.77 bits per heavy atom. The van der Waals surface area contributed by atoms with Gasteiger partial charge in [-0.1, -0.05) is 30.7 Å². The van der Waals surface area contributed by atoms with Crippen LogP contribution in [0.15, 0.2) is 42.5 Å². The number of anilines is 1. The Balaban J connectivity index is 1.62. The van der Waals surface area contributed by atoms with Gasteiger partial charge in [-0.15, -0.1) is 0 Å². The number of nitrogens with zero attached hydrogens (tertiary/aromatic N) is 4. The van der Waals surface area contributed by atoms with E-state index in [1.54, 1.807) is 17.0 Å². The van der Waals surface area contributed by atoms with Crippen molar-refractivity contribution in [1.82, 2.24) is 9.80 Å². The summed E-state index contributed by atoms with van der Waals surface area (Å²) < 4.78 is 0.